The van der Waals surface area contributed by atoms with E-state index in [9.17, 15) is 14.4 Å². The Bertz CT molecular complexity index is 1440. The van der Waals surface area contributed by atoms with E-state index in [0.29, 0.717) is 23.2 Å². The van der Waals surface area contributed by atoms with Crippen LogP contribution in [0.3, 0.4) is 0 Å². The zero-order valence-electron chi connectivity index (χ0n) is 22.5. The van der Waals surface area contributed by atoms with Crippen molar-refractivity contribution in [2.24, 2.45) is 0 Å². The molecule has 1 atom stereocenters. The summed E-state index contributed by atoms with van der Waals surface area (Å²) in [5, 5.41) is 23.3. The largest absolute Gasteiger partial charge is 0.379 e. The van der Waals surface area contributed by atoms with Crippen LogP contribution in [-0.4, -0.2) is 68.1 Å². The van der Waals surface area contributed by atoms with Crippen LogP contribution in [0, 0.1) is 0 Å². The highest BCUT2D eigenvalue weighted by Crippen LogP contribution is 2.30. The molecule has 3 aliphatic rings. The number of fused-ring (bicyclic) bond motifs is 1. The maximum Gasteiger partial charge on any atom is 0.321 e. The molecule has 0 aromatic carbocycles. The van der Waals surface area contributed by atoms with Crippen LogP contribution >= 0.6 is 11.6 Å². The molecular formula is C27H33ClN10O3. The first-order valence-corrected chi connectivity index (χ1v) is 14.5. The van der Waals surface area contributed by atoms with Gasteiger partial charge in [-0.1, -0.05) is 11.6 Å². The van der Waals surface area contributed by atoms with Crippen LogP contribution in [0.4, 0.5) is 22.0 Å². The number of hydrogen-bond donors (Lipinski definition) is 6. The highest BCUT2D eigenvalue weighted by Gasteiger charge is 2.28. The predicted octanol–water partition coefficient (Wildman–Crippen LogP) is 2.91. The van der Waals surface area contributed by atoms with Gasteiger partial charge in [-0.2, -0.15) is 0 Å². The number of carbonyl (C=O) groups is 3. The number of imidazole rings is 1. The number of anilines is 3. The Morgan fingerprint density at radius 3 is 2.44 bits per heavy atom. The van der Waals surface area contributed by atoms with E-state index >= 15 is 0 Å². The highest BCUT2D eigenvalue weighted by atomic mass is 35.5. The molecule has 1 saturated heterocycles. The average Bonchev–Trinajstić information content (AvgIpc) is 3.40. The van der Waals surface area contributed by atoms with Gasteiger partial charge in [0.2, 0.25) is 5.91 Å². The lowest BCUT2D eigenvalue weighted by atomic mass is 9.91. The van der Waals surface area contributed by atoms with Crippen LogP contribution in [0.1, 0.15) is 61.9 Å². The summed E-state index contributed by atoms with van der Waals surface area (Å²) in [6.07, 6.45) is 10.1. The van der Waals surface area contributed by atoms with Gasteiger partial charge in [-0.15, -0.1) is 5.10 Å². The Kier molecular flexibility index (Phi) is 7.88. The Hall–Kier alpha value is -3.97. The Balaban J connectivity index is 1.10. The molecule has 6 rings (SSSR count). The number of amides is 4. The minimum Gasteiger partial charge on any atom is -0.379 e. The van der Waals surface area contributed by atoms with Crippen LogP contribution in [0.2, 0.25) is 5.15 Å². The van der Waals surface area contributed by atoms with E-state index in [0.717, 1.165) is 63.6 Å². The SMILES string of the molecule is O=C(NC(=O)C1CCCN1)N[C@H]1CC[C@H](Nc2cc(NC3CC3)c3ncc(C(=O)Nc4ccnc(Cl)c4)n3n2)CC1. The molecule has 1 unspecified atom stereocenters. The molecule has 13 nitrogen and oxygen atoms in total. The molecule has 3 aromatic rings. The normalized spacial score (nSPS) is 22.2. The molecule has 0 radical (unpaired) electrons. The van der Waals surface area contributed by atoms with Crippen molar-refractivity contribution in [3.63, 3.8) is 0 Å². The van der Waals surface area contributed by atoms with Gasteiger partial charge in [0.25, 0.3) is 5.91 Å². The molecule has 0 bridgehead atoms. The predicted molar refractivity (Wildman–Crippen MR) is 154 cm³/mol. The van der Waals surface area contributed by atoms with Gasteiger partial charge in [0.15, 0.2) is 11.3 Å². The number of imide groups is 1. The molecule has 41 heavy (non-hydrogen) atoms. The van der Waals surface area contributed by atoms with E-state index in [2.05, 4.69) is 41.9 Å². The highest BCUT2D eigenvalue weighted by molar-refractivity contribution is 6.29. The lowest BCUT2D eigenvalue weighted by Gasteiger charge is -2.30. The van der Waals surface area contributed by atoms with Crippen LogP contribution in [-0.2, 0) is 4.79 Å². The number of urea groups is 1. The maximum absolute atomic E-state index is 13.1. The lowest BCUT2D eigenvalue weighted by Crippen LogP contribution is -2.50. The first kappa shape index (κ1) is 27.2. The van der Waals surface area contributed by atoms with Crippen molar-refractivity contribution in [2.45, 2.75) is 75.5 Å². The standard InChI is InChI=1S/C27H33ClN10O3/c28-22-12-18(9-11-30-22)34-26(40)21-14-31-24-20(32-15-3-4-15)13-23(37-38(21)24)33-16-5-7-17(8-6-16)35-27(41)36-25(39)19-2-1-10-29-19/h9,11-17,19,29,32H,1-8,10H2,(H,33,37)(H,30,34,40)(H2,35,36,39,41)/t16-,17-,19?. The van der Waals surface area contributed by atoms with Gasteiger partial charge < -0.3 is 26.6 Å². The molecule has 4 amide bonds. The summed E-state index contributed by atoms with van der Waals surface area (Å²) in [6, 6.07) is 4.95. The van der Waals surface area contributed by atoms with Crippen LogP contribution in [0.25, 0.3) is 5.65 Å². The molecule has 2 aliphatic carbocycles. The zero-order chi connectivity index (χ0) is 28.3. The number of carbonyl (C=O) groups excluding carboxylic acids is 3. The molecule has 4 heterocycles. The van der Waals surface area contributed by atoms with Crippen molar-refractivity contribution < 1.29 is 14.4 Å². The second-order valence-electron chi connectivity index (χ2n) is 10.9. The van der Waals surface area contributed by atoms with Gasteiger partial charge in [-0.3, -0.25) is 14.9 Å². The fourth-order valence-corrected chi connectivity index (χ4v) is 5.52. The molecule has 1 aliphatic heterocycles. The maximum atomic E-state index is 13.1. The first-order chi connectivity index (χ1) is 19.9. The number of rotatable bonds is 8. The van der Waals surface area contributed by atoms with Gasteiger partial charge in [-0.05, 0) is 70.0 Å². The van der Waals surface area contributed by atoms with Crippen LogP contribution in [0.15, 0.2) is 30.6 Å². The van der Waals surface area contributed by atoms with E-state index in [1.807, 2.05) is 6.07 Å². The monoisotopic (exact) mass is 580 g/mol. The third-order valence-corrected chi connectivity index (χ3v) is 7.86. The number of nitrogens with one attached hydrogen (secondary N) is 6. The average molecular weight is 581 g/mol. The summed E-state index contributed by atoms with van der Waals surface area (Å²) in [7, 11) is 0. The molecule has 6 N–H and O–H groups in total. The van der Waals surface area contributed by atoms with Crippen molar-refractivity contribution >= 4 is 52.3 Å². The van der Waals surface area contributed by atoms with Gasteiger partial charge >= 0.3 is 6.03 Å². The Morgan fingerprint density at radius 2 is 1.71 bits per heavy atom. The number of halogens is 1. The van der Waals surface area contributed by atoms with E-state index in [1.165, 1.54) is 12.4 Å². The summed E-state index contributed by atoms with van der Waals surface area (Å²) in [6.45, 7) is 0.799. The number of pyridine rings is 1. The summed E-state index contributed by atoms with van der Waals surface area (Å²) >= 11 is 5.97. The molecule has 2 saturated carbocycles. The Labute approximate surface area is 241 Å². The molecular weight excluding hydrogens is 548 g/mol. The fraction of sp³-hybridized carbons (Fsp3) is 0.481. The second-order valence-corrected chi connectivity index (χ2v) is 11.3. The third-order valence-electron chi connectivity index (χ3n) is 7.65. The molecule has 3 fully saturated rings. The smallest absolute Gasteiger partial charge is 0.321 e. The number of hydrogen-bond acceptors (Lipinski definition) is 9. The number of nitrogens with zero attached hydrogens (tertiary/aromatic N) is 4. The quantitative estimate of drug-likeness (QED) is 0.220. The van der Waals surface area contributed by atoms with Crippen molar-refractivity contribution in [1.82, 2.24) is 35.5 Å². The minimum atomic E-state index is -0.442. The lowest BCUT2D eigenvalue weighted by molar-refractivity contribution is -0.121. The van der Waals surface area contributed by atoms with E-state index in [-0.39, 0.29) is 40.8 Å². The van der Waals surface area contributed by atoms with E-state index in [4.69, 9.17) is 16.7 Å². The molecule has 14 heteroatoms. The number of aromatic nitrogens is 4. The Morgan fingerprint density at radius 1 is 0.951 bits per heavy atom. The van der Waals surface area contributed by atoms with Crippen molar-refractivity contribution in [3.8, 4) is 0 Å². The van der Waals surface area contributed by atoms with E-state index in [1.54, 1.807) is 16.6 Å². The second kappa shape index (κ2) is 11.9. The van der Waals surface area contributed by atoms with Crippen LogP contribution < -0.4 is 31.9 Å². The first-order valence-electron chi connectivity index (χ1n) is 14.1. The summed E-state index contributed by atoms with van der Waals surface area (Å²) < 4.78 is 1.55. The van der Waals surface area contributed by atoms with Crippen molar-refractivity contribution in [1.29, 1.82) is 0 Å². The van der Waals surface area contributed by atoms with Crippen LogP contribution in [0.5, 0.6) is 0 Å². The fourth-order valence-electron chi connectivity index (χ4n) is 5.34. The molecule has 3 aromatic heterocycles. The van der Waals surface area contributed by atoms with Crippen molar-refractivity contribution in [3.05, 3.63) is 41.4 Å². The summed E-state index contributed by atoms with van der Waals surface area (Å²) in [5.74, 6) is -0.0122. The van der Waals surface area contributed by atoms with Crippen molar-refractivity contribution in [2.75, 3.05) is 22.5 Å². The topological polar surface area (TPSA) is 166 Å². The minimum absolute atomic E-state index is 0.00874. The summed E-state index contributed by atoms with van der Waals surface area (Å²) in [5.41, 5.74) is 2.19. The van der Waals surface area contributed by atoms with Gasteiger partial charge in [-0.25, -0.2) is 19.3 Å². The van der Waals surface area contributed by atoms with Gasteiger partial charge in [0.05, 0.1) is 17.9 Å². The molecule has 216 valence electrons. The summed E-state index contributed by atoms with van der Waals surface area (Å²) in [4.78, 5) is 46.1. The zero-order valence-corrected chi connectivity index (χ0v) is 23.2. The molecule has 0 spiro atoms. The van der Waals surface area contributed by atoms with Gasteiger partial charge in [0.1, 0.15) is 11.0 Å². The van der Waals surface area contributed by atoms with E-state index < -0.39 is 6.03 Å². The van der Waals surface area contributed by atoms with Gasteiger partial charge in [0, 0.05) is 36.1 Å². The third kappa shape index (κ3) is 6.68.